The summed E-state index contributed by atoms with van der Waals surface area (Å²) in [5.74, 6) is 3.12. The summed E-state index contributed by atoms with van der Waals surface area (Å²) >= 11 is 0. The Bertz CT molecular complexity index is 599. The van der Waals surface area contributed by atoms with E-state index in [1.165, 1.54) is 12.8 Å². The maximum atomic E-state index is 5.64. The smallest absolute Gasteiger partial charge is 0.224 e. The van der Waals surface area contributed by atoms with E-state index < -0.39 is 0 Å². The number of hydrogen-bond donors (Lipinski definition) is 2. The third kappa shape index (κ3) is 4.25. The second-order valence-corrected chi connectivity index (χ2v) is 5.13. The highest BCUT2D eigenvalue weighted by atomic mass is 16.5. The Morgan fingerprint density at radius 1 is 1.14 bits per heavy atom. The van der Waals surface area contributed by atoms with Crippen molar-refractivity contribution in [2.75, 3.05) is 30.9 Å². The van der Waals surface area contributed by atoms with Crippen molar-refractivity contribution in [3.05, 3.63) is 36.5 Å². The standard InChI is InChI=1S/C16H20N4O2/c1-21-13-4-6-14(7-5-13)22-11-10-18-16-17-9-8-15(20-16)19-12-2-3-12/h4-9,12H,2-3,10-11H2,1H3,(H2,17,18,19,20). The summed E-state index contributed by atoms with van der Waals surface area (Å²) in [7, 11) is 1.64. The van der Waals surface area contributed by atoms with E-state index in [1.54, 1.807) is 13.3 Å². The summed E-state index contributed by atoms with van der Waals surface area (Å²) in [5.41, 5.74) is 0. The van der Waals surface area contributed by atoms with E-state index in [4.69, 9.17) is 9.47 Å². The normalized spacial score (nSPS) is 13.5. The fraction of sp³-hybridized carbons (Fsp3) is 0.375. The molecule has 0 saturated heterocycles. The lowest BCUT2D eigenvalue weighted by Gasteiger charge is -2.09. The average Bonchev–Trinajstić information content (AvgIpc) is 3.36. The fourth-order valence-electron chi connectivity index (χ4n) is 1.96. The van der Waals surface area contributed by atoms with Crippen LogP contribution in [0.4, 0.5) is 11.8 Å². The van der Waals surface area contributed by atoms with Gasteiger partial charge in [0.25, 0.3) is 0 Å². The van der Waals surface area contributed by atoms with Crippen LogP contribution in [-0.4, -0.2) is 36.3 Å². The van der Waals surface area contributed by atoms with E-state index in [-0.39, 0.29) is 0 Å². The van der Waals surface area contributed by atoms with Crippen LogP contribution in [0.15, 0.2) is 36.5 Å². The highest BCUT2D eigenvalue weighted by Crippen LogP contribution is 2.23. The number of benzene rings is 1. The van der Waals surface area contributed by atoms with Crippen LogP contribution >= 0.6 is 0 Å². The van der Waals surface area contributed by atoms with Gasteiger partial charge in [-0.15, -0.1) is 0 Å². The van der Waals surface area contributed by atoms with Crippen molar-refractivity contribution in [2.45, 2.75) is 18.9 Å². The Morgan fingerprint density at radius 2 is 1.91 bits per heavy atom. The van der Waals surface area contributed by atoms with Crippen molar-refractivity contribution in [1.82, 2.24) is 9.97 Å². The van der Waals surface area contributed by atoms with Gasteiger partial charge in [-0.2, -0.15) is 4.98 Å². The molecule has 0 amide bonds. The molecule has 1 aliphatic rings. The molecule has 116 valence electrons. The van der Waals surface area contributed by atoms with Gasteiger partial charge >= 0.3 is 0 Å². The summed E-state index contributed by atoms with van der Waals surface area (Å²) in [5, 5.41) is 6.51. The molecule has 2 aromatic rings. The van der Waals surface area contributed by atoms with Crippen molar-refractivity contribution in [2.24, 2.45) is 0 Å². The van der Waals surface area contributed by atoms with E-state index in [1.807, 2.05) is 30.3 Å². The van der Waals surface area contributed by atoms with Gasteiger partial charge in [0.2, 0.25) is 5.95 Å². The Morgan fingerprint density at radius 3 is 2.64 bits per heavy atom. The zero-order valence-electron chi connectivity index (χ0n) is 12.6. The summed E-state index contributed by atoms with van der Waals surface area (Å²) in [4.78, 5) is 8.61. The zero-order valence-corrected chi connectivity index (χ0v) is 12.6. The number of aromatic nitrogens is 2. The molecule has 1 aliphatic carbocycles. The second-order valence-electron chi connectivity index (χ2n) is 5.13. The van der Waals surface area contributed by atoms with E-state index in [0.29, 0.717) is 25.1 Å². The zero-order chi connectivity index (χ0) is 15.2. The first-order chi connectivity index (χ1) is 10.8. The van der Waals surface area contributed by atoms with Crippen LogP contribution < -0.4 is 20.1 Å². The molecule has 0 aliphatic heterocycles. The first-order valence-corrected chi connectivity index (χ1v) is 7.44. The van der Waals surface area contributed by atoms with Crippen molar-refractivity contribution in [3.8, 4) is 11.5 Å². The van der Waals surface area contributed by atoms with Crippen molar-refractivity contribution < 1.29 is 9.47 Å². The monoisotopic (exact) mass is 300 g/mol. The number of rotatable bonds is 8. The van der Waals surface area contributed by atoms with Crippen molar-refractivity contribution >= 4 is 11.8 Å². The first kappa shape index (κ1) is 14.4. The molecular formula is C16H20N4O2. The number of nitrogens with one attached hydrogen (secondary N) is 2. The molecule has 0 spiro atoms. The number of anilines is 2. The molecule has 1 fully saturated rings. The number of nitrogens with zero attached hydrogens (tertiary/aromatic N) is 2. The molecule has 3 rings (SSSR count). The van der Waals surface area contributed by atoms with Gasteiger partial charge in [0.05, 0.1) is 13.7 Å². The lowest BCUT2D eigenvalue weighted by Crippen LogP contribution is -2.14. The molecule has 1 aromatic heterocycles. The number of hydrogen-bond acceptors (Lipinski definition) is 6. The molecule has 6 nitrogen and oxygen atoms in total. The molecule has 22 heavy (non-hydrogen) atoms. The van der Waals surface area contributed by atoms with Gasteiger partial charge in [0.1, 0.15) is 23.9 Å². The van der Waals surface area contributed by atoms with E-state index in [0.717, 1.165) is 17.3 Å². The van der Waals surface area contributed by atoms with Crippen LogP contribution in [0.1, 0.15) is 12.8 Å². The molecule has 0 unspecified atom stereocenters. The minimum Gasteiger partial charge on any atom is -0.497 e. The van der Waals surface area contributed by atoms with Crippen molar-refractivity contribution in [3.63, 3.8) is 0 Å². The average molecular weight is 300 g/mol. The van der Waals surface area contributed by atoms with Crippen LogP contribution in [0.25, 0.3) is 0 Å². The van der Waals surface area contributed by atoms with Crippen molar-refractivity contribution in [1.29, 1.82) is 0 Å². The third-order valence-corrected chi connectivity index (χ3v) is 3.30. The van der Waals surface area contributed by atoms with Gasteiger partial charge in [-0.3, -0.25) is 0 Å². The maximum Gasteiger partial charge on any atom is 0.224 e. The van der Waals surface area contributed by atoms with E-state index in [2.05, 4.69) is 20.6 Å². The van der Waals surface area contributed by atoms with Crippen LogP contribution in [0.2, 0.25) is 0 Å². The molecule has 2 N–H and O–H groups in total. The predicted molar refractivity (Wildman–Crippen MR) is 85.7 cm³/mol. The molecule has 0 radical (unpaired) electrons. The minimum atomic E-state index is 0.538. The van der Waals surface area contributed by atoms with Crippen LogP contribution in [-0.2, 0) is 0 Å². The number of methoxy groups -OCH3 is 1. The highest BCUT2D eigenvalue weighted by molar-refractivity contribution is 5.41. The fourth-order valence-corrected chi connectivity index (χ4v) is 1.96. The molecule has 0 bridgehead atoms. The predicted octanol–water partition coefficient (Wildman–Crippen LogP) is 2.55. The van der Waals surface area contributed by atoms with Crippen LogP contribution in [0, 0.1) is 0 Å². The number of ether oxygens (including phenoxy) is 2. The van der Waals surface area contributed by atoms with Gasteiger partial charge in [-0.25, -0.2) is 4.98 Å². The molecule has 1 saturated carbocycles. The van der Waals surface area contributed by atoms with Crippen LogP contribution in [0.3, 0.4) is 0 Å². The van der Waals surface area contributed by atoms with Crippen LogP contribution in [0.5, 0.6) is 11.5 Å². The quantitative estimate of drug-likeness (QED) is 0.730. The topological polar surface area (TPSA) is 68.3 Å². The summed E-state index contributed by atoms with van der Waals surface area (Å²) < 4.78 is 10.7. The van der Waals surface area contributed by atoms with Gasteiger partial charge < -0.3 is 20.1 Å². The van der Waals surface area contributed by atoms with Gasteiger partial charge in [0, 0.05) is 12.2 Å². The Labute approximate surface area is 129 Å². The Balaban J connectivity index is 1.42. The SMILES string of the molecule is COc1ccc(OCCNc2nccc(NC3CC3)n2)cc1. The first-order valence-electron chi connectivity index (χ1n) is 7.44. The highest BCUT2D eigenvalue weighted by Gasteiger charge is 2.21. The summed E-state index contributed by atoms with van der Waals surface area (Å²) in [6.45, 7) is 1.18. The summed E-state index contributed by atoms with van der Waals surface area (Å²) in [6.07, 6.45) is 4.20. The second kappa shape index (κ2) is 6.98. The molecule has 1 heterocycles. The van der Waals surface area contributed by atoms with E-state index in [9.17, 15) is 0 Å². The van der Waals surface area contributed by atoms with Gasteiger partial charge in [-0.1, -0.05) is 0 Å². The van der Waals surface area contributed by atoms with E-state index >= 15 is 0 Å². The molecule has 0 atom stereocenters. The molecule has 1 aromatic carbocycles. The minimum absolute atomic E-state index is 0.538. The van der Waals surface area contributed by atoms with Gasteiger partial charge in [-0.05, 0) is 43.2 Å². The summed E-state index contributed by atoms with van der Waals surface area (Å²) in [6, 6.07) is 9.99. The lowest BCUT2D eigenvalue weighted by atomic mass is 10.3. The molecule has 6 heteroatoms. The lowest BCUT2D eigenvalue weighted by molar-refractivity contribution is 0.331. The maximum absolute atomic E-state index is 5.64. The largest absolute Gasteiger partial charge is 0.497 e. The Hall–Kier alpha value is -2.50. The Kier molecular flexibility index (Phi) is 4.58. The third-order valence-electron chi connectivity index (χ3n) is 3.30. The van der Waals surface area contributed by atoms with Gasteiger partial charge in [0.15, 0.2) is 0 Å². The molecular weight excluding hydrogens is 280 g/mol.